The van der Waals surface area contributed by atoms with Crippen molar-refractivity contribution in [1.82, 2.24) is 10.2 Å². The van der Waals surface area contributed by atoms with Crippen molar-refractivity contribution in [1.29, 1.82) is 0 Å². The van der Waals surface area contributed by atoms with Crippen LogP contribution < -0.4 is 5.32 Å². The Balaban J connectivity index is 2.12. The van der Waals surface area contributed by atoms with Crippen LogP contribution in [0, 0.1) is 5.92 Å². The van der Waals surface area contributed by atoms with E-state index in [1.165, 1.54) is 12.1 Å². The van der Waals surface area contributed by atoms with E-state index in [4.69, 9.17) is 0 Å². The third-order valence-corrected chi connectivity index (χ3v) is 5.28. The Hall–Kier alpha value is -0.510. The molecule has 1 saturated heterocycles. The fraction of sp³-hybridized carbons (Fsp3) is 0.647. The summed E-state index contributed by atoms with van der Waals surface area (Å²) in [6, 6.07) is 12.1. The molecule has 0 spiro atoms. The van der Waals surface area contributed by atoms with Gasteiger partial charge in [0.25, 0.3) is 0 Å². The lowest BCUT2D eigenvalue weighted by molar-refractivity contribution is 0.115. The molecule has 3 atom stereocenters. The standard InChI is InChI=1S/C17H28N2S/c1-13(2)16-12-19(11-14(3)20-4)17(10-18-16)15-8-6-5-7-9-15/h5-9,13-14,16-18H,10-12H2,1-4H3. The monoisotopic (exact) mass is 292 g/mol. The van der Waals surface area contributed by atoms with E-state index in [1.54, 1.807) is 0 Å². The molecule has 1 fully saturated rings. The quantitative estimate of drug-likeness (QED) is 0.895. The minimum atomic E-state index is 0.515. The number of rotatable bonds is 5. The van der Waals surface area contributed by atoms with Gasteiger partial charge in [-0.3, -0.25) is 4.90 Å². The van der Waals surface area contributed by atoms with E-state index in [0.717, 1.165) is 13.1 Å². The first-order chi connectivity index (χ1) is 9.61. The second-order valence-corrected chi connectivity index (χ2v) is 7.46. The second kappa shape index (κ2) is 7.48. The topological polar surface area (TPSA) is 15.3 Å². The summed E-state index contributed by atoms with van der Waals surface area (Å²) < 4.78 is 0. The van der Waals surface area contributed by atoms with Gasteiger partial charge in [0, 0.05) is 37.0 Å². The van der Waals surface area contributed by atoms with Gasteiger partial charge in [-0.1, -0.05) is 51.1 Å². The van der Waals surface area contributed by atoms with Gasteiger partial charge in [-0.05, 0) is 17.7 Å². The van der Waals surface area contributed by atoms with E-state index in [0.29, 0.717) is 23.3 Å². The maximum Gasteiger partial charge on any atom is 0.0473 e. The van der Waals surface area contributed by atoms with Crippen LogP contribution in [0.1, 0.15) is 32.4 Å². The van der Waals surface area contributed by atoms with E-state index in [2.05, 4.69) is 67.6 Å². The Kier molecular flexibility index (Phi) is 5.94. The summed E-state index contributed by atoms with van der Waals surface area (Å²) >= 11 is 1.96. The minimum Gasteiger partial charge on any atom is -0.311 e. The summed E-state index contributed by atoms with van der Waals surface area (Å²) in [5.74, 6) is 0.693. The molecule has 0 aliphatic carbocycles. The van der Waals surface area contributed by atoms with Crippen molar-refractivity contribution in [3.05, 3.63) is 35.9 Å². The van der Waals surface area contributed by atoms with Crippen LogP contribution in [0.5, 0.6) is 0 Å². The number of hydrogen-bond acceptors (Lipinski definition) is 3. The third kappa shape index (κ3) is 4.00. The molecule has 1 aromatic rings. The molecule has 1 N–H and O–H groups in total. The van der Waals surface area contributed by atoms with Crippen molar-refractivity contribution in [3.63, 3.8) is 0 Å². The lowest BCUT2D eigenvalue weighted by Gasteiger charge is -2.43. The molecule has 1 heterocycles. The summed E-state index contributed by atoms with van der Waals surface area (Å²) in [5.41, 5.74) is 1.44. The van der Waals surface area contributed by atoms with Crippen LogP contribution in [0.15, 0.2) is 30.3 Å². The Bertz CT molecular complexity index is 393. The molecule has 0 bridgehead atoms. The molecule has 0 saturated carbocycles. The van der Waals surface area contributed by atoms with Crippen molar-refractivity contribution in [2.45, 2.75) is 38.1 Å². The van der Waals surface area contributed by atoms with Gasteiger partial charge >= 0.3 is 0 Å². The zero-order valence-electron chi connectivity index (χ0n) is 13.2. The van der Waals surface area contributed by atoms with Crippen molar-refractivity contribution in [2.24, 2.45) is 5.92 Å². The van der Waals surface area contributed by atoms with Gasteiger partial charge in [0.2, 0.25) is 0 Å². The molecule has 3 heteroatoms. The molecule has 3 unspecified atom stereocenters. The first kappa shape index (κ1) is 15.9. The highest BCUT2D eigenvalue weighted by Gasteiger charge is 2.30. The minimum absolute atomic E-state index is 0.515. The Labute approximate surface area is 128 Å². The molecule has 2 rings (SSSR count). The molecular weight excluding hydrogens is 264 g/mol. The predicted molar refractivity (Wildman–Crippen MR) is 90.4 cm³/mol. The number of benzene rings is 1. The largest absolute Gasteiger partial charge is 0.311 e. The molecule has 0 aromatic heterocycles. The molecular formula is C17H28N2S. The van der Waals surface area contributed by atoms with Gasteiger partial charge in [0.1, 0.15) is 0 Å². The smallest absolute Gasteiger partial charge is 0.0473 e. The van der Waals surface area contributed by atoms with E-state index in [1.807, 2.05) is 11.8 Å². The Morgan fingerprint density at radius 2 is 1.95 bits per heavy atom. The SMILES string of the molecule is CSC(C)CN1CC(C(C)C)NCC1c1ccccc1. The van der Waals surface area contributed by atoms with Crippen molar-refractivity contribution < 1.29 is 0 Å². The van der Waals surface area contributed by atoms with Crippen molar-refractivity contribution in [3.8, 4) is 0 Å². The van der Waals surface area contributed by atoms with Gasteiger partial charge in [-0.15, -0.1) is 0 Å². The fourth-order valence-electron chi connectivity index (χ4n) is 2.89. The summed E-state index contributed by atoms with van der Waals surface area (Å²) in [6.45, 7) is 10.4. The number of nitrogens with zero attached hydrogens (tertiary/aromatic N) is 1. The molecule has 1 aromatic carbocycles. The van der Waals surface area contributed by atoms with Gasteiger partial charge in [0.15, 0.2) is 0 Å². The number of piperazine rings is 1. The lowest BCUT2D eigenvalue weighted by atomic mass is 9.96. The maximum atomic E-state index is 3.74. The molecule has 1 aliphatic heterocycles. The molecule has 20 heavy (non-hydrogen) atoms. The average molecular weight is 292 g/mol. The van der Waals surface area contributed by atoms with Crippen LogP contribution in [0.4, 0.5) is 0 Å². The zero-order valence-corrected chi connectivity index (χ0v) is 14.0. The van der Waals surface area contributed by atoms with Gasteiger partial charge in [-0.25, -0.2) is 0 Å². The molecule has 0 amide bonds. The lowest BCUT2D eigenvalue weighted by Crippen LogP contribution is -2.55. The molecule has 112 valence electrons. The van der Waals surface area contributed by atoms with E-state index in [9.17, 15) is 0 Å². The van der Waals surface area contributed by atoms with Crippen LogP contribution in [0.3, 0.4) is 0 Å². The van der Waals surface area contributed by atoms with Crippen molar-refractivity contribution >= 4 is 11.8 Å². The average Bonchev–Trinajstić information content (AvgIpc) is 2.47. The first-order valence-electron chi connectivity index (χ1n) is 7.67. The van der Waals surface area contributed by atoms with Gasteiger partial charge in [0.05, 0.1) is 0 Å². The molecule has 0 radical (unpaired) electrons. The van der Waals surface area contributed by atoms with Crippen LogP contribution in [-0.4, -0.2) is 42.1 Å². The van der Waals surface area contributed by atoms with Gasteiger partial charge < -0.3 is 5.32 Å². The number of hydrogen-bond donors (Lipinski definition) is 1. The molecule has 2 nitrogen and oxygen atoms in total. The fourth-order valence-corrected chi connectivity index (χ4v) is 3.23. The summed E-state index contributed by atoms with van der Waals surface area (Å²) in [4.78, 5) is 2.68. The summed E-state index contributed by atoms with van der Waals surface area (Å²) in [6.07, 6.45) is 2.21. The summed E-state index contributed by atoms with van der Waals surface area (Å²) in [7, 11) is 0. The number of thioether (sulfide) groups is 1. The molecule has 1 aliphatic rings. The van der Waals surface area contributed by atoms with Crippen LogP contribution in [0.25, 0.3) is 0 Å². The van der Waals surface area contributed by atoms with Crippen molar-refractivity contribution in [2.75, 3.05) is 25.9 Å². The number of nitrogens with one attached hydrogen (secondary N) is 1. The maximum absolute atomic E-state index is 3.74. The Morgan fingerprint density at radius 3 is 2.55 bits per heavy atom. The second-order valence-electron chi connectivity index (χ2n) is 6.19. The third-order valence-electron chi connectivity index (χ3n) is 4.33. The normalized spacial score (nSPS) is 25.9. The first-order valence-corrected chi connectivity index (χ1v) is 8.95. The van der Waals surface area contributed by atoms with Crippen LogP contribution >= 0.6 is 11.8 Å². The summed E-state index contributed by atoms with van der Waals surface area (Å²) in [5, 5.41) is 4.43. The Morgan fingerprint density at radius 1 is 1.25 bits per heavy atom. The van der Waals surface area contributed by atoms with E-state index < -0.39 is 0 Å². The highest BCUT2D eigenvalue weighted by Crippen LogP contribution is 2.26. The predicted octanol–water partition coefficient (Wildman–Crippen LogP) is 3.41. The highest BCUT2D eigenvalue weighted by molar-refractivity contribution is 7.99. The highest BCUT2D eigenvalue weighted by atomic mass is 32.2. The van der Waals surface area contributed by atoms with Gasteiger partial charge in [-0.2, -0.15) is 11.8 Å². The van der Waals surface area contributed by atoms with E-state index >= 15 is 0 Å². The zero-order chi connectivity index (χ0) is 14.5. The van der Waals surface area contributed by atoms with Crippen LogP contribution in [0.2, 0.25) is 0 Å². The van der Waals surface area contributed by atoms with E-state index in [-0.39, 0.29) is 0 Å². The van der Waals surface area contributed by atoms with Crippen LogP contribution in [-0.2, 0) is 0 Å².